The molecule has 1 amide bonds. The molecule has 0 bridgehead atoms. The molecule has 1 N–H and O–H groups in total. The van der Waals surface area contributed by atoms with E-state index in [2.05, 4.69) is 5.32 Å². The highest BCUT2D eigenvalue weighted by atomic mass is 16.3. The summed E-state index contributed by atoms with van der Waals surface area (Å²) in [6.07, 6.45) is 2.35. The molecule has 2 aromatic rings. The quantitative estimate of drug-likeness (QED) is 0.851. The van der Waals surface area contributed by atoms with E-state index in [1.54, 1.807) is 6.26 Å². The van der Waals surface area contributed by atoms with Gasteiger partial charge in [0.05, 0.1) is 6.26 Å². The molecule has 1 aromatic carbocycles. The molecule has 1 atom stereocenters. The summed E-state index contributed by atoms with van der Waals surface area (Å²) in [6, 6.07) is 13.4. The number of amides is 1. The van der Waals surface area contributed by atoms with Crippen LogP contribution >= 0.6 is 0 Å². The van der Waals surface area contributed by atoms with E-state index < -0.39 is 0 Å². The Hall–Kier alpha value is -2.07. The fraction of sp³-hybridized carbons (Fsp3) is 0.353. The molecule has 1 unspecified atom stereocenters. The Bertz CT molecular complexity index is 537. The van der Waals surface area contributed by atoms with Crippen LogP contribution in [-0.2, 0) is 11.2 Å². The van der Waals surface area contributed by atoms with E-state index in [-0.39, 0.29) is 11.9 Å². The average molecular weight is 286 g/mol. The second kappa shape index (κ2) is 7.64. The first kappa shape index (κ1) is 15.3. The Labute approximate surface area is 125 Å². The molecule has 4 nitrogen and oxygen atoms in total. The molecule has 0 aliphatic carbocycles. The Morgan fingerprint density at radius 2 is 2.00 bits per heavy atom. The Morgan fingerprint density at radius 1 is 1.24 bits per heavy atom. The molecule has 0 saturated carbocycles. The van der Waals surface area contributed by atoms with Crippen molar-refractivity contribution in [3.63, 3.8) is 0 Å². The van der Waals surface area contributed by atoms with Crippen LogP contribution in [0.4, 0.5) is 0 Å². The molecule has 0 aliphatic rings. The number of carbonyl (C=O) groups excluding carboxylic acids is 1. The summed E-state index contributed by atoms with van der Waals surface area (Å²) in [7, 11) is 1.96. The lowest BCUT2D eigenvalue weighted by atomic mass is 10.0. The molecular formula is C17H22N2O2. The van der Waals surface area contributed by atoms with Crippen LogP contribution in [0.1, 0.15) is 24.3 Å². The maximum absolute atomic E-state index is 12.5. The van der Waals surface area contributed by atoms with Crippen molar-refractivity contribution in [1.29, 1.82) is 0 Å². The van der Waals surface area contributed by atoms with Gasteiger partial charge in [0.2, 0.25) is 5.91 Å². The molecule has 0 radical (unpaired) electrons. The van der Waals surface area contributed by atoms with Crippen LogP contribution in [0.25, 0.3) is 0 Å². The monoisotopic (exact) mass is 286 g/mol. The topological polar surface area (TPSA) is 45.5 Å². The summed E-state index contributed by atoms with van der Waals surface area (Å²) >= 11 is 0. The fourth-order valence-electron chi connectivity index (χ4n) is 2.28. The second-order valence-electron chi connectivity index (χ2n) is 5.01. The van der Waals surface area contributed by atoms with Crippen molar-refractivity contribution in [2.24, 2.45) is 0 Å². The van der Waals surface area contributed by atoms with Crippen LogP contribution < -0.4 is 5.32 Å². The lowest BCUT2D eigenvalue weighted by Crippen LogP contribution is -2.39. The number of benzene rings is 1. The summed E-state index contributed by atoms with van der Waals surface area (Å²) in [6.45, 7) is 3.43. The van der Waals surface area contributed by atoms with Crippen LogP contribution in [0.2, 0.25) is 0 Å². The van der Waals surface area contributed by atoms with Gasteiger partial charge in [0, 0.05) is 13.0 Å². The highest BCUT2D eigenvalue weighted by molar-refractivity contribution is 5.83. The van der Waals surface area contributed by atoms with E-state index >= 15 is 0 Å². The van der Waals surface area contributed by atoms with Crippen molar-refractivity contribution in [3.8, 4) is 0 Å². The van der Waals surface area contributed by atoms with Gasteiger partial charge in [0.25, 0.3) is 0 Å². The summed E-state index contributed by atoms with van der Waals surface area (Å²) < 4.78 is 5.27. The highest BCUT2D eigenvalue weighted by Crippen LogP contribution is 2.19. The van der Waals surface area contributed by atoms with E-state index in [0.29, 0.717) is 13.0 Å². The van der Waals surface area contributed by atoms with E-state index in [1.807, 2.05) is 61.3 Å². The van der Waals surface area contributed by atoms with Crippen molar-refractivity contribution in [1.82, 2.24) is 10.2 Å². The minimum absolute atomic E-state index is 0.0251. The number of carbonyl (C=O) groups is 1. The lowest BCUT2D eigenvalue weighted by Gasteiger charge is -2.26. The Kier molecular flexibility index (Phi) is 5.58. The number of likely N-dealkylation sites (N-methyl/N-ethyl adjacent to an activating group) is 1. The number of hydrogen-bond donors (Lipinski definition) is 1. The Morgan fingerprint density at radius 3 is 2.62 bits per heavy atom. The Balaban J connectivity index is 1.98. The molecule has 0 spiro atoms. The third kappa shape index (κ3) is 4.20. The van der Waals surface area contributed by atoms with E-state index in [0.717, 1.165) is 17.9 Å². The SMILES string of the molecule is CCN(C)C(C(=O)NCCc1ccco1)c1ccccc1. The van der Waals surface area contributed by atoms with Crippen molar-refractivity contribution in [3.05, 3.63) is 60.1 Å². The largest absolute Gasteiger partial charge is 0.469 e. The number of nitrogens with zero attached hydrogens (tertiary/aromatic N) is 1. The molecule has 0 saturated heterocycles. The van der Waals surface area contributed by atoms with Crippen molar-refractivity contribution >= 4 is 5.91 Å². The van der Waals surface area contributed by atoms with Gasteiger partial charge in [-0.25, -0.2) is 0 Å². The third-order valence-electron chi connectivity index (χ3n) is 3.55. The van der Waals surface area contributed by atoms with Gasteiger partial charge in [0.1, 0.15) is 11.8 Å². The first-order valence-corrected chi connectivity index (χ1v) is 7.27. The van der Waals surface area contributed by atoms with Gasteiger partial charge in [-0.15, -0.1) is 0 Å². The molecule has 1 heterocycles. The van der Waals surface area contributed by atoms with Gasteiger partial charge in [-0.2, -0.15) is 0 Å². The molecule has 0 fully saturated rings. The summed E-state index contributed by atoms with van der Waals surface area (Å²) in [5.74, 6) is 0.910. The normalized spacial score (nSPS) is 12.3. The zero-order chi connectivity index (χ0) is 15.1. The predicted octanol–water partition coefficient (Wildman–Crippen LogP) is 2.63. The average Bonchev–Trinajstić information content (AvgIpc) is 3.01. The van der Waals surface area contributed by atoms with E-state index in [9.17, 15) is 4.79 Å². The smallest absolute Gasteiger partial charge is 0.241 e. The molecular weight excluding hydrogens is 264 g/mol. The van der Waals surface area contributed by atoms with Gasteiger partial charge in [-0.05, 0) is 31.3 Å². The first-order valence-electron chi connectivity index (χ1n) is 7.27. The highest BCUT2D eigenvalue weighted by Gasteiger charge is 2.23. The zero-order valence-corrected chi connectivity index (χ0v) is 12.6. The number of hydrogen-bond acceptors (Lipinski definition) is 3. The first-order chi connectivity index (χ1) is 10.2. The van der Waals surface area contributed by atoms with Gasteiger partial charge in [-0.3, -0.25) is 9.69 Å². The third-order valence-corrected chi connectivity index (χ3v) is 3.55. The van der Waals surface area contributed by atoms with Crippen LogP contribution in [0.5, 0.6) is 0 Å². The van der Waals surface area contributed by atoms with Gasteiger partial charge in [-0.1, -0.05) is 37.3 Å². The summed E-state index contributed by atoms with van der Waals surface area (Å²) in [5.41, 5.74) is 1.01. The van der Waals surface area contributed by atoms with Crippen LogP contribution in [0, 0.1) is 0 Å². The van der Waals surface area contributed by atoms with Crippen LogP contribution in [-0.4, -0.2) is 30.9 Å². The zero-order valence-electron chi connectivity index (χ0n) is 12.6. The predicted molar refractivity (Wildman–Crippen MR) is 82.9 cm³/mol. The number of nitrogens with one attached hydrogen (secondary N) is 1. The van der Waals surface area contributed by atoms with Crippen LogP contribution in [0.15, 0.2) is 53.1 Å². The lowest BCUT2D eigenvalue weighted by molar-refractivity contribution is -0.126. The minimum Gasteiger partial charge on any atom is -0.469 e. The minimum atomic E-state index is -0.257. The number of rotatable bonds is 7. The van der Waals surface area contributed by atoms with E-state index in [1.165, 1.54) is 0 Å². The summed E-state index contributed by atoms with van der Waals surface area (Å²) in [4.78, 5) is 14.5. The molecule has 1 aromatic heterocycles. The standard InChI is InChI=1S/C17H22N2O2/c1-3-19(2)16(14-8-5-4-6-9-14)17(20)18-12-11-15-10-7-13-21-15/h4-10,13,16H,3,11-12H2,1-2H3,(H,18,20). The molecule has 112 valence electrons. The maximum Gasteiger partial charge on any atom is 0.241 e. The fourth-order valence-corrected chi connectivity index (χ4v) is 2.28. The van der Waals surface area contributed by atoms with Gasteiger partial charge >= 0.3 is 0 Å². The van der Waals surface area contributed by atoms with Crippen LogP contribution in [0.3, 0.4) is 0 Å². The molecule has 2 rings (SSSR count). The molecule has 0 aliphatic heterocycles. The van der Waals surface area contributed by atoms with Crippen molar-refractivity contribution in [2.75, 3.05) is 20.1 Å². The van der Waals surface area contributed by atoms with Gasteiger partial charge in [0.15, 0.2) is 0 Å². The van der Waals surface area contributed by atoms with Crippen molar-refractivity contribution in [2.45, 2.75) is 19.4 Å². The van der Waals surface area contributed by atoms with Gasteiger partial charge < -0.3 is 9.73 Å². The number of furan rings is 1. The molecule has 4 heteroatoms. The molecule has 21 heavy (non-hydrogen) atoms. The summed E-state index contributed by atoms with van der Waals surface area (Å²) in [5, 5.41) is 2.99. The van der Waals surface area contributed by atoms with E-state index in [4.69, 9.17) is 4.42 Å². The van der Waals surface area contributed by atoms with Crippen molar-refractivity contribution < 1.29 is 9.21 Å². The maximum atomic E-state index is 12.5. The second-order valence-corrected chi connectivity index (χ2v) is 5.01.